The fraction of sp³-hybridized carbons (Fsp3) is 0.571. The summed E-state index contributed by atoms with van der Waals surface area (Å²) >= 11 is 0. The van der Waals surface area contributed by atoms with Crippen LogP contribution in [0.25, 0.3) is 0 Å². The van der Waals surface area contributed by atoms with Crippen molar-refractivity contribution >= 4 is 0 Å². The zero-order chi connectivity index (χ0) is 9.97. The van der Waals surface area contributed by atoms with Crippen molar-refractivity contribution in [1.29, 1.82) is 0 Å². The molecule has 1 fully saturated rings. The minimum Gasteiger partial charge on any atom is -0.0619 e. The number of benzene rings is 1. The van der Waals surface area contributed by atoms with Gasteiger partial charge in [-0.05, 0) is 30.7 Å². The van der Waals surface area contributed by atoms with Crippen LogP contribution in [-0.2, 0) is 0 Å². The van der Waals surface area contributed by atoms with E-state index in [1.165, 1.54) is 31.2 Å². The van der Waals surface area contributed by atoms with Crippen LogP contribution in [0.5, 0.6) is 0 Å². The lowest BCUT2D eigenvalue weighted by atomic mass is 9.76. The van der Waals surface area contributed by atoms with Crippen molar-refractivity contribution < 1.29 is 0 Å². The fourth-order valence-electron chi connectivity index (χ4n) is 2.71. The lowest BCUT2D eigenvalue weighted by molar-refractivity contribution is 0.330. The van der Waals surface area contributed by atoms with Gasteiger partial charge in [-0.3, -0.25) is 0 Å². The van der Waals surface area contributed by atoms with Crippen molar-refractivity contribution in [3.8, 4) is 0 Å². The molecule has 0 heteroatoms. The van der Waals surface area contributed by atoms with Gasteiger partial charge < -0.3 is 0 Å². The second-order valence-electron chi connectivity index (χ2n) is 4.78. The first-order valence-corrected chi connectivity index (χ1v) is 5.84. The van der Waals surface area contributed by atoms with Gasteiger partial charge in [-0.1, -0.05) is 56.0 Å². The molecule has 14 heavy (non-hydrogen) atoms. The molecule has 0 bridgehead atoms. The van der Waals surface area contributed by atoms with Gasteiger partial charge >= 0.3 is 0 Å². The first kappa shape index (κ1) is 9.76. The summed E-state index contributed by atoms with van der Waals surface area (Å²) in [6.45, 7) is 4.60. The molecule has 0 aromatic heterocycles. The highest BCUT2D eigenvalue weighted by molar-refractivity contribution is 5.26. The Balaban J connectivity index is 2.20. The van der Waals surface area contributed by atoms with E-state index in [1.807, 2.05) is 0 Å². The van der Waals surface area contributed by atoms with Crippen molar-refractivity contribution in [2.24, 2.45) is 5.92 Å². The maximum absolute atomic E-state index is 2.41. The molecular weight excluding hydrogens is 168 g/mol. The third kappa shape index (κ3) is 2.00. The Morgan fingerprint density at radius 2 is 1.93 bits per heavy atom. The SMILES string of the molecule is Cc1cccc([C@@H]2CCCC[C@H]2C)c1. The van der Waals surface area contributed by atoms with Gasteiger partial charge in [-0.25, -0.2) is 0 Å². The van der Waals surface area contributed by atoms with Crippen LogP contribution in [0.1, 0.15) is 49.7 Å². The largest absolute Gasteiger partial charge is 0.0619 e. The summed E-state index contributed by atoms with van der Waals surface area (Å²) in [4.78, 5) is 0. The molecular formula is C14H20. The summed E-state index contributed by atoms with van der Waals surface area (Å²) in [6, 6.07) is 9.06. The molecule has 0 unspecified atom stereocenters. The average molecular weight is 188 g/mol. The van der Waals surface area contributed by atoms with Crippen LogP contribution in [0.2, 0.25) is 0 Å². The molecule has 2 atom stereocenters. The zero-order valence-corrected chi connectivity index (χ0v) is 9.29. The molecule has 0 amide bonds. The number of aryl methyl sites for hydroxylation is 1. The van der Waals surface area contributed by atoms with Crippen molar-refractivity contribution in [3.05, 3.63) is 35.4 Å². The Bertz CT molecular complexity index is 301. The molecule has 0 radical (unpaired) electrons. The van der Waals surface area contributed by atoms with Gasteiger partial charge in [0.15, 0.2) is 0 Å². The molecule has 2 rings (SSSR count). The van der Waals surface area contributed by atoms with E-state index < -0.39 is 0 Å². The Kier molecular flexibility index (Phi) is 2.90. The van der Waals surface area contributed by atoms with Crippen LogP contribution >= 0.6 is 0 Å². The number of hydrogen-bond acceptors (Lipinski definition) is 0. The quantitative estimate of drug-likeness (QED) is 0.616. The standard InChI is InChI=1S/C14H20/c1-11-6-5-8-13(10-11)14-9-4-3-7-12(14)2/h5-6,8,10,12,14H,3-4,7,9H2,1-2H3/t12-,14-/m1/s1. The van der Waals surface area contributed by atoms with E-state index in [4.69, 9.17) is 0 Å². The van der Waals surface area contributed by atoms with Crippen LogP contribution in [0, 0.1) is 12.8 Å². The Hall–Kier alpha value is -0.780. The van der Waals surface area contributed by atoms with Crippen LogP contribution in [0.15, 0.2) is 24.3 Å². The molecule has 0 N–H and O–H groups in total. The Labute approximate surface area is 87.3 Å². The highest BCUT2D eigenvalue weighted by Crippen LogP contribution is 2.37. The Morgan fingerprint density at radius 3 is 2.64 bits per heavy atom. The third-order valence-corrected chi connectivity index (χ3v) is 3.58. The van der Waals surface area contributed by atoms with E-state index in [0.717, 1.165) is 11.8 Å². The smallest absolute Gasteiger partial charge is 0.0136 e. The lowest BCUT2D eigenvalue weighted by Crippen LogP contribution is -2.14. The number of hydrogen-bond donors (Lipinski definition) is 0. The molecule has 1 aliphatic rings. The van der Waals surface area contributed by atoms with Gasteiger partial charge in [0.2, 0.25) is 0 Å². The van der Waals surface area contributed by atoms with Crippen LogP contribution in [-0.4, -0.2) is 0 Å². The Morgan fingerprint density at radius 1 is 1.14 bits per heavy atom. The predicted octanol–water partition coefficient (Wildman–Crippen LogP) is 4.29. The molecule has 1 aromatic rings. The molecule has 0 saturated heterocycles. The van der Waals surface area contributed by atoms with Gasteiger partial charge in [-0.2, -0.15) is 0 Å². The summed E-state index contributed by atoms with van der Waals surface area (Å²) in [5, 5.41) is 0. The minimum absolute atomic E-state index is 0.823. The monoisotopic (exact) mass is 188 g/mol. The van der Waals surface area contributed by atoms with E-state index >= 15 is 0 Å². The van der Waals surface area contributed by atoms with E-state index in [-0.39, 0.29) is 0 Å². The second kappa shape index (κ2) is 4.16. The minimum atomic E-state index is 0.823. The maximum Gasteiger partial charge on any atom is -0.0136 e. The normalized spacial score (nSPS) is 27.6. The summed E-state index contributed by atoms with van der Waals surface area (Å²) in [5.41, 5.74) is 2.97. The van der Waals surface area contributed by atoms with E-state index in [1.54, 1.807) is 5.56 Å². The molecule has 0 heterocycles. The van der Waals surface area contributed by atoms with Gasteiger partial charge in [0.1, 0.15) is 0 Å². The fourth-order valence-corrected chi connectivity index (χ4v) is 2.71. The van der Waals surface area contributed by atoms with Crippen LogP contribution in [0.3, 0.4) is 0 Å². The zero-order valence-electron chi connectivity index (χ0n) is 9.29. The van der Waals surface area contributed by atoms with E-state index in [9.17, 15) is 0 Å². The molecule has 76 valence electrons. The lowest BCUT2D eigenvalue weighted by Gasteiger charge is -2.29. The number of rotatable bonds is 1. The second-order valence-corrected chi connectivity index (χ2v) is 4.78. The highest BCUT2D eigenvalue weighted by Gasteiger charge is 2.22. The summed E-state index contributed by atoms with van der Waals surface area (Å²) < 4.78 is 0. The summed E-state index contributed by atoms with van der Waals surface area (Å²) in [7, 11) is 0. The topological polar surface area (TPSA) is 0 Å². The van der Waals surface area contributed by atoms with Gasteiger partial charge in [0.25, 0.3) is 0 Å². The molecule has 0 spiro atoms. The van der Waals surface area contributed by atoms with E-state index in [2.05, 4.69) is 38.1 Å². The van der Waals surface area contributed by atoms with Crippen molar-refractivity contribution in [2.75, 3.05) is 0 Å². The van der Waals surface area contributed by atoms with E-state index in [0.29, 0.717) is 0 Å². The maximum atomic E-state index is 2.41. The van der Waals surface area contributed by atoms with Crippen molar-refractivity contribution in [1.82, 2.24) is 0 Å². The van der Waals surface area contributed by atoms with Crippen molar-refractivity contribution in [3.63, 3.8) is 0 Å². The van der Waals surface area contributed by atoms with Gasteiger partial charge in [-0.15, -0.1) is 0 Å². The average Bonchev–Trinajstić information content (AvgIpc) is 2.18. The highest BCUT2D eigenvalue weighted by atomic mass is 14.3. The van der Waals surface area contributed by atoms with Crippen LogP contribution in [0.4, 0.5) is 0 Å². The molecule has 0 nitrogen and oxygen atoms in total. The van der Waals surface area contributed by atoms with Crippen LogP contribution < -0.4 is 0 Å². The molecule has 0 aliphatic heterocycles. The van der Waals surface area contributed by atoms with Crippen molar-refractivity contribution in [2.45, 2.75) is 45.4 Å². The third-order valence-electron chi connectivity index (χ3n) is 3.58. The predicted molar refractivity (Wildman–Crippen MR) is 61.6 cm³/mol. The first-order valence-electron chi connectivity index (χ1n) is 5.84. The summed E-state index contributed by atoms with van der Waals surface area (Å²) in [5.74, 6) is 1.70. The van der Waals surface area contributed by atoms with Gasteiger partial charge in [0, 0.05) is 0 Å². The summed E-state index contributed by atoms with van der Waals surface area (Å²) in [6.07, 6.45) is 5.66. The molecule has 1 aromatic carbocycles. The molecule has 1 saturated carbocycles. The van der Waals surface area contributed by atoms with Gasteiger partial charge in [0.05, 0.1) is 0 Å². The molecule has 1 aliphatic carbocycles. The first-order chi connectivity index (χ1) is 6.77.